The van der Waals surface area contributed by atoms with Crippen LogP contribution in [-0.4, -0.2) is 48.4 Å². The van der Waals surface area contributed by atoms with E-state index in [4.69, 9.17) is 4.74 Å². The predicted molar refractivity (Wildman–Crippen MR) is 135 cm³/mol. The Kier molecular flexibility index (Phi) is 7.11. The minimum atomic E-state index is -5.11. The summed E-state index contributed by atoms with van der Waals surface area (Å²) in [7, 11) is -2.16. The number of ether oxygens (including phenoxy) is 1. The molecule has 38 heavy (non-hydrogen) atoms. The number of aryl methyl sites for hydroxylation is 1. The molecule has 1 heterocycles. The second kappa shape index (κ2) is 9.88. The third-order valence-corrected chi connectivity index (χ3v) is 7.39. The van der Waals surface area contributed by atoms with Gasteiger partial charge in [0, 0.05) is 30.3 Å². The van der Waals surface area contributed by atoms with Gasteiger partial charge in [0.2, 0.25) is 5.60 Å². The average molecular weight is 547 g/mol. The Hall–Kier alpha value is -3.70. The molecule has 0 fully saturated rings. The summed E-state index contributed by atoms with van der Waals surface area (Å²) in [6.07, 6.45) is -4.21. The van der Waals surface area contributed by atoms with Crippen molar-refractivity contribution in [3.8, 4) is 5.75 Å². The van der Waals surface area contributed by atoms with Gasteiger partial charge < -0.3 is 14.4 Å². The predicted octanol–water partition coefficient (Wildman–Crippen LogP) is 4.69. The number of aromatic nitrogens is 2. The third kappa shape index (κ3) is 4.79. The van der Waals surface area contributed by atoms with Crippen LogP contribution in [0.5, 0.6) is 5.75 Å². The SMILES string of the molecule is CCn1c(C(O)(c2ccccc2)C(F)(F)F)nc2cc(C(=O)Cc3cccc(S(C)(=O)=O)c3)cc(OC)c21. The zero-order valence-electron chi connectivity index (χ0n) is 20.8. The van der Waals surface area contributed by atoms with Crippen LogP contribution in [0.15, 0.2) is 71.6 Å². The number of carbonyl (C=O) groups excluding carboxylic acids is 1. The highest BCUT2D eigenvalue weighted by atomic mass is 32.2. The van der Waals surface area contributed by atoms with Gasteiger partial charge in [-0.2, -0.15) is 13.2 Å². The zero-order chi connectivity index (χ0) is 27.9. The Morgan fingerprint density at radius 2 is 1.74 bits per heavy atom. The van der Waals surface area contributed by atoms with E-state index in [1.165, 1.54) is 72.3 Å². The van der Waals surface area contributed by atoms with E-state index in [1.54, 1.807) is 13.0 Å². The summed E-state index contributed by atoms with van der Waals surface area (Å²) in [4.78, 5) is 17.4. The van der Waals surface area contributed by atoms with Gasteiger partial charge >= 0.3 is 6.18 Å². The number of methoxy groups -OCH3 is 1. The molecule has 0 aliphatic rings. The number of hydrogen-bond acceptors (Lipinski definition) is 6. The molecule has 0 aliphatic heterocycles. The number of Topliss-reactive ketones (excluding diaryl/α,β-unsaturated/α-hetero) is 1. The minimum Gasteiger partial charge on any atom is -0.494 e. The van der Waals surface area contributed by atoms with Gasteiger partial charge in [0.25, 0.3) is 0 Å². The Morgan fingerprint density at radius 3 is 2.32 bits per heavy atom. The fourth-order valence-electron chi connectivity index (χ4n) is 4.40. The summed E-state index contributed by atoms with van der Waals surface area (Å²) in [6.45, 7) is 1.64. The van der Waals surface area contributed by atoms with Gasteiger partial charge in [0.15, 0.2) is 21.4 Å². The van der Waals surface area contributed by atoms with Crippen LogP contribution in [0.1, 0.15) is 34.2 Å². The van der Waals surface area contributed by atoms with Crippen LogP contribution in [-0.2, 0) is 28.4 Å². The van der Waals surface area contributed by atoms with Gasteiger partial charge in [-0.1, -0.05) is 42.5 Å². The second-order valence-electron chi connectivity index (χ2n) is 8.82. The normalized spacial score (nSPS) is 13.9. The molecule has 200 valence electrons. The first-order valence-electron chi connectivity index (χ1n) is 11.6. The lowest BCUT2D eigenvalue weighted by atomic mass is 9.92. The smallest absolute Gasteiger partial charge is 0.428 e. The van der Waals surface area contributed by atoms with Crippen molar-refractivity contribution < 1.29 is 36.2 Å². The fraction of sp³-hybridized carbons (Fsp3) is 0.259. The molecule has 1 unspecified atom stereocenters. The molecule has 4 rings (SSSR count). The zero-order valence-corrected chi connectivity index (χ0v) is 21.6. The van der Waals surface area contributed by atoms with Crippen LogP contribution in [0, 0.1) is 0 Å². The maximum atomic E-state index is 14.4. The average Bonchev–Trinajstić information content (AvgIpc) is 3.26. The van der Waals surface area contributed by atoms with E-state index in [2.05, 4.69) is 4.98 Å². The number of alkyl halides is 3. The standard InChI is InChI=1S/C27H25F3N2O5S/c1-4-32-24-21(31-25(32)26(34,27(28,29)30)19-10-6-5-7-11-19)15-18(16-23(24)37-2)22(33)14-17-9-8-12-20(13-17)38(3,35)36/h5-13,15-16,34H,4,14H2,1-3H3. The van der Waals surface area contributed by atoms with Crippen LogP contribution in [0.2, 0.25) is 0 Å². The van der Waals surface area contributed by atoms with Gasteiger partial charge in [-0.25, -0.2) is 13.4 Å². The Labute approximate surface area is 217 Å². The van der Waals surface area contributed by atoms with Crippen molar-refractivity contribution in [2.75, 3.05) is 13.4 Å². The van der Waals surface area contributed by atoms with Gasteiger partial charge in [-0.15, -0.1) is 0 Å². The van der Waals surface area contributed by atoms with Crippen molar-refractivity contribution in [2.45, 2.75) is 36.6 Å². The topological polar surface area (TPSA) is 98.5 Å². The number of carbonyl (C=O) groups is 1. The van der Waals surface area contributed by atoms with Gasteiger partial charge in [0.05, 0.1) is 17.5 Å². The lowest BCUT2D eigenvalue weighted by molar-refractivity contribution is -0.252. The first kappa shape index (κ1) is 27.3. The molecule has 11 heteroatoms. The third-order valence-electron chi connectivity index (χ3n) is 6.28. The maximum Gasteiger partial charge on any atom is 0.428 e. The first-order chi connectivity index (χ1) is 17.8. The minimum absolute atomic E-state index is 0.0268. The summed E-state index contributed by atoms with van der Waals surface area (Å²) in [5.74, 6) is -0.969. The van der Waals surface area contributed by atoms with Crippen molar-refractivity contribution in [3.05, 3.63) is 89.2 Å². The molecule has 0 aliphatic carbocycles. The van der Waals surface area contributed by atoms with Crippen LogP contribution >= 0.6 is 0 Å². The molecule has 0 saturated heterocycles. The van der Waals surface area contributed by atoms with Crippen molar-refractivity contribution in [1.82, 2.24) is 9.55 Å². The molecule has 4 aromatic rings. The number of imidazole rings is 1. The van der Waals surface area contributed by atoms with Crippen molar-refractivity contribution >= 4 is 26.7 Å². The van der Waals surface area contributed by atoms with Crippen LogP contribution in [0.4, 0.5) is 13.2 Å². The molecule has 1 N–H and O–H groups in total. The molecule has 0 radical (unpaired) electrons. The highest BCUT2D eigenvalue weighted by Crippen LogP contribution is 2.45. The monoisotopic (exact) mass is 546 g/mol. The Bertz CT molecular complexity index is 1620. The molecule has 1 atom stereocenters. The number of halogens is 3. The van der Waals surface area contributed by atoms with Gasteiger partial charge in [0.1, 0.15) is 11.3 Å². The molecule has 0 saturated carbocycles. The molecule has 7 nitrogen and oxygen atoms in total. The van der Waals surface area contributed by atoms with Gasteiger partial charge in [-0.05, 0) is 36.8 Å². The number of benzene rings is 3. The molecule has 0 amide bonds. The largest absolute Gasteiger partial charge is 0.494 e. The highest BCUT2D eigenvalue weighted by Gasteiger charge is 2.59. The van der Waals surface area contributed by atoms with E-state index in [0.29, 0.717) is 5.56 Å². The molecular weight excluding hydrogens is 521 g/mol. The molecule has 0 spiro atoms. The van der Waals surface area contributed by atoms with E-state index in [1.807, 2.05) is 0 Å². The van der Waals surface area contributed by atoms with E-state index in [9.17, 15) is 31.5 Å². The fourth-order valence-corrected chi connectivity index (χ4v) is 5.09. The lowest BCUT2D eigenvalue weighted by Gasteiger charge is -2.30. The second-order valence-corrected chi connectivity index (χ2v) is 10.8. The Morgan fingerprint density at radius 1 is 1.05 bits per heavy atom. The van der Waals surface area contributed by atoms with Crippen LogP contribution < -0.4 is 4.74 Å². The lowest BCUT2D eigenvalue weighted by Crippen LogP contribution is -2.45. The number of fused-ring (bicyclic) bond motifs is 1. The summed E-state index contributed by atoms with van der Waals surface area (Å²) >= 11 is 0. The number of ketones is 1. The number of nitrogens with zero attached hydrogens (tertiary/aromatic N) is 2. The summed E-state index contributed by atoms with van der Waals surface area (Å²) in [5, 5.41) is 11.2. The van der Waals surface area contributed by atoms with E-state index >= 15 is 0 Å². The highest BCUT2D eigenvalue weighted by molar-refractivity contribution is 7.90. The quantitative estimate of drug-likeness (QED) is 0.322. The van der Waals surface area contributed by atoms with Crippen molar-refractivity contribution in [3.63, 3.8) is 0 Å². The van der Waals surface area contributed by atoms with Gasteiger partial charge in [-0.3, -0.25) is 4.79 Å². The first-order valence-corrected chi connectivity index (χ1v) is 13.5. The number of hydrogen-bond donors (Lipinski definition) is 1. The summed E-state index contributed by atoms with van der Waals surface area (Å²) < 4.78 is 73.7. The van der Waals surface area contributed by atoms with E-state index in [0.717, 1.165) is 6.26 Å². The van der Waals surface area contributed by atoms with Crippen LogP contribution in [0.25, 0.3) is 11.0 Å². The van der Waals surface area contributed by atoms with E-state index < -0.39 is 38.8 Å². The molecule has 3 aromatic carbocycles. The summed E-state index contributed by atoms with van der Waals surface area (Å²) in [5.41, 5.74) is -3.04. The maximum absolute atomic E-state index is 14.4. The van der Waals surface area contributed by atoms with Crippen molar-refractivity contribution in [2.24, 2.45) is 0 Å². The van der Waals surface area contributed by atoms with Crippen molar-refractivity contribution in [1.29, 1.82) is 0 Å². The number of sulfone groups is 1. The molecular formula is C27H25F3N2O5S. The molecule has 0 bridgehead atoms. The summed E-state index contributed by atoms with van der Waals surface area (Å²) in [6, 6.07) is 15.4. The van der Waals surface area contributed by atoms with E-state index in [-0.39, 0.29) is 40.2 Å². The number of aliphatic hydroxyl groups is 1. The number of rotatable bonds is 8. The van der Waals surface area contributed by atoms with Crippen LogP contribution in [0.3, 0.4) is 0 Å². The Balaban J connectivity index is 1.86. The molecule has 1 aromatic heterocycles.